The zero-order valence-electron chi connectivity index (χ0n) is 12.0. The van der Waals surface area contributed by atoms with E-state index in [9.17, 15) is 26.2 Å². The standard InChI is InChI=1S/C13H15BrF5NOS/c1-11(2,3)22(21)20-10(12(15,16)13(17,18)19)8-4-6-9(14)7-5-8/h4-7,10,20H,1-3H3/t10-,22?/m0/s1. The molecule has 0 radical (unpaired) electrons. The van der Waals surface area contributed by atoms with Gasteiger partial charge in [-0.25, -0.2) is 8.93 Å². The lowest BCUT2D eigenvalue weighted by atomic mass is 10.0. The molecule has 1 rings (SSSR count). The number of nitrogens with one attached hydrogen (secondary N) is 1. The van der Waals surface area contributed by atoms with Gasteiger partial charge in [0.25, 0.3) is 0 Å². The van der Waals surface area contributed by atoms with Crippen LogP contribution in [0.25, 0.3) is 0 Å². The van der Waals surface area contributed by atoms with Crippen molar-refractivity contribution in [3.63, 3.8) is 0 Å². The first kappa shape index (κ1) is 19.5. The van der Waals surface area contributed by atoms with Crippen LogP contribution in [0.15, 0.2) is 28.7 Å². The van der Waals surface area contributed by atoms with Crippen LogP contribution in [0.5, 0.6) is 0 Å². The number of hydrogen-bond donors (Lipinski definition) is 1. The average Bonchev–Trinajstić information content (AvgIpc) is 2.34. The van der Waals surface area contributed by atoms with Crippen LogP contribution >= 0.6 is 15.9 Å². The van der Waals surface area contributed by atoms with Crippen molar-refractivity contribution in [3.8, 4) is 0 Å². The minimum Gasteiger partial charge on any atom is -0.242 e. The van der Waals surface area contributed by atoms with Gasteiger partial charge in [-0.1, -0.05) is 28.1 Å². The van der Waals surface area contributed by atoms with Gasteiger partial charge >= 0.3 is 12.1 Å². The quantitative estimate of drug-likeness (QED) is 0.717. The first-order valence-corrected chi connectivity index (χ1v) is 8.09. The summed E-state index contributed by atoms with van der Waals surface area (Å²) in [7, 11) is -2.10. The van der Waals surface area contributed by atoms with E-state index in [4.69, 9.17) is 0 Å². The SMILES string of the molecule is CC(C)(C)S(=O)N[C@@H](c1ccc(Br)cc1)C(F)(F)C(F)(F)F. The van der Waals surface area contributed by atoms with Crippen molar-refractivity contribution in [2.24, 2.45) is 0 Å². The van der Waals surface area contributed by atoms with Gasteiger partial charge in [0, 0.05) is 4.47 Å². The average molecular weight is 408 g/mol. The molecule has 1 N–H and O–H groups in total. The van der Waals surface area contributed by atoms with Crippen LogP contribution in [0.4, 0.5) is 22.0 Å². The van der Waals surface area contributed by atoms with Gasteiger partial charge in [-0.05, 0) is 38.5 Å². The second-order valence-corrected chi connectivity index (χ2v) is 8.52. The molecule has 1 aromatic carbocycles. The number of benzene rings is 1. The van der Waals surface area contributed by atoms with Crippen molar-refractivity contribution >= 4 is 26.9 Å². The highest BCUT2D eigenvalue weighted by Crippen LogP contribution is 2.45. The van der Waals surface area contributed by atoms with Gasteiger partial charge in [0.15, 0.2) is 0 Å². The van der Waals surface area contributed by atoms with E-state index in [1.807, 2.05) is 4.72 Å². The van der Waals surface area contributed by atoms with E-state index in [2.05, 4.69) is 15.9 Å². The van der Waals surface area contributed by atoms with E-state index < -0.39 is 33.9 Å². The maximum atomic E-state index is 13.8. The van der Waals surface area contributed by atoms with Crippen molar-refractivity contribution in [1.82, 2.24) is 4.72 Å². The third-order valence-electron chi connectivity index (χ3n) is 2.72. The summed E-state index contributed by atoms with van der Waals surface area (Å²) in [4.78, 5) is 0. The van der Waals surface area contributed by atoms with Gasteiger partial charge in [0.2, 0.25) is 0 Å². The number of rotatable bonds is 4. The number of halogens is 6. The van der Waals surface area contributed by atoms with Crippen LogP contribution in [0.2, 0.25) is 0 Å². The molecule has 2 atom stereocenters. The predicted molar refractivity (Wildman–Crippen MR) is 78.9 cm³/mol. The van der Waals surface area contributed by atoms with Gasteiger partial charge in [0.05, 0.1) is 15.7 Å². The molecule has 1 unspecified atom stereocenters. The van der Waals surface area contributed by atoms with Crippen molar-refractivity contribution in [2.45, 2.75) is 43.7 Å². The van der Waals surface area contributed by atoms with E-state index in [1.165, 1.54) is 32.9 Å². The Morgan fingerprint density at radius 2 is 1.50 bits per heavy atom. The van der Waals surface area contributed by atoms with Gasteiger partial charge in [-0.3, -0.25) is 0 Å². The van der Waals surface area contributed by atoms with Gasteiger partial charge in [-0.15, -0.1) is 0 Å². The lowest BCUT2D eigenvalue weighted by Crippen LogP contribution is -2.50. The molecular formula is C13H15BrF5NOS. The highest BCUT2D eigenvalue weighted by Gasteiger charge is 2.63. The second-order valence-electron chi connectivity index (χ2n) is 5.60. The first-order chi connectivity index (χ1) is 9.76. The van der Waals surface area contributed by atoms with Gasteiger partial charge in [-0.2, -0.15) is 22.0 Å². The fraction of sp³-hybridized carbons (Fsp3) is 0.538. The highest BCUT2D eigenvalue weighted by atomic mass is 79.9. The largest absolute Gasteiger partial charge is 0.455 e. The fourth-order valence-electron chi connectivity index (χ4n) is 1.45. The Hall–Kier alpha value is -0.540. The summed E-state index contributed by atoms with van der Waals surface area (Å²) in [6, 6.07) is 2.50. The third kappa shape index (κ3) is 4.48. The van der Waals surface area contributed by atoms with Crippen LogP contribution in [0, 0.1) is 0 Å². The zero-order chi connectivity index (χ0) is 17.3. The fourth-order valence-corrected chi connectivity index (χ4v) is 2.57. The summed E-state index contributed by atoms with van der Waals surface area (Å²) < 4.78 is 79.1. The molecule has 126 valence electrons. The van der Waals surface area contributed by atoms with Crippen LogP contribution < -0.4 is 4.72 Å². The van der Waals surface area contributed by atoms with E-state index in [0.29, 0.717) is 4.47 Å². The van der Waals surface area contributed by atoms with Gasteiger partial charge in [0.1, 0.15) is 6.04 Å². The lowest BCUT2D eigenvalue weighted by molar-refractivity contribution is -0.292. The minimum absolute atomic E-state index is 0.303. The Bertz CT molecular complexity index is 539. The Balaban J connectivity index is 3.28. The summed E-state index contributed by atoms with van der Waals surface area (Å²) in [5, 5.41) is 0. The Morgan fingerprint density at radius 1 is 1.05 bits per heavy atom. The molecule has 0 aromatic heterocycles. The molecule has 2 nitrogen and oxygen atoms in total. The minimum atomic E-state index is -5.76. The first-order valence-electron chi connectivity index (χ1n) is 6.15. The molecule has 0 amide bonds. The molecule has 22 heavy (non-hydrogen) atoms. The van der Waals surface area contributed by atoms with Crippen LogP contribution in [0.3, 0.4) is 0 Å². The summed E-state index contributed by atoms with van der Waals surface area (Å²) in [5.41, 5.74) is -0.303. The van der Waals surface area contributed by atoms with Crippen LogP contribution in [0.1, 0.15) is 32.4 Å². The molecule has 0 fully saturated rings. The summed E-state index contributed by atoms with van der Waals surface area (Å²) in [5.74, 6) is -5.07. The van der Waals surface area contributed by atoms with E-state index >= 15 is 0 Å². The summed E-state index contributed by atoms with van der Waals surface area (Å²) in [6.07, 6.45) is -5.76. The normalized spacial score (nSPS) is 16.4. The monoisotopic (exact) mass is 407 g/mol. The highest BCUT2D eigenvalue weighted by molar-refractivity contribution is 9.10. The van der Waals surface area contributed by atoms with Crippen LogP contribution in [-0.4, -0.2) is 21.1 Å². The second kappa shape index (κ2) is 6.52. The predicted octanol–water partition coefficient (Wildman–Crippen LogP) is 4.74. The molecule has 0 spiro atoms. The molecule has 0 heterocycles. The summed E-state index contributed by atoms with van der Waals surface area (Å²) >= 11 is 3.08. The topological polar surface area (TPSA) is 29.1 Å². The van der Waals surface area contributed by atoms with E-state index in [0.717, 1.165) is 12.1 Å². The number of alkyl halides is 5. The molecule has 1 aromatic rings. The molecule has 0 bridgehead atoms. The van der Waals surface area contributed by atoms with Gasteiger partial charge < -0.3 is 0 Å². The smallest absolute Gasteiger partial charge is 0.242 e. The maximum absolute atomic E-state index is 13.8. The van der Waals surface area contributed by atoms with E-state index in [-0.39, 0.29) is 5.56 Å². The Kier molecular flexibility index (Phi) is 5.79. The third-order valence-corrected chi connectivity index (χ3v) is 4.82. The van der Waals surface area contributed by atoms with Crippen molar-refractivity contribution in [3.05, 3.63) is 34.3 Å². The van der Waals surface area contributed by atoms with Crippen molar-refractivity contribution < 1.29 is 26.2 Å². The maximum Gasteiger partial charge on any atom is 0.455 e. The van der Waals surface area contributed by atoms with Crippen molar-refractivity contribution in [2.75, 3.05) is 0 Å². The Labute approximate surface area is 136 Å². The molecule has 0 aliphatic rings. The Morgan fingerprint density at radius 3 is 1.86 bits per heavy atom. The molecule has 0 aliphatic carbocycles. The zero-order valence-corrected chi connectivity index (χ0v) is 14.4. The van der Waals surface area contributed by atoms with Crippen molar-refractivity contribution in [1.29, 1.82) is 0 Å². The van der Waals surface area contributed by atoms with Crippen LogP contribution in [-0.2, 0) is 11.0 Å². The molecule has 0 aliphatic heterocycles. The lowest BCUT2D eigenvalue weighted by Gasteiger charge is -2.31. The van der Waals surface area contributed by atoms with E-state index in [1.54, 1.807) is 0 Å². The number of hydrogen-bond acceptors (Lipinski definition) is 1. The molecule has 0 saturated carbocycles. The summed E-state index contributed by atoms with van der Waals surface area (Å²) in [6.45, 7) is 4.42. The molecule has 0 saturated heterocycles. The molecular weight excluding hydrogens is 393 g/mol. The molecule has 9 heteroatoms.